The van der Waals surface area contributed by atoms with Gasteiger partial charge in [0, 0.05) is 21.6 Å². The molecule has 0 radical (unpaired) electrons. The Balaban J connectivity index is 1.92. The van der Waals surface area contributed by atoms with Crippen molar-refractivity contribution in [1.29, 1.82) is 0 Å². The van der Waals surface area contributed by atoms with Gasteiger partial charge in [0.15, 0.2) is 0 Å². The van der Waals surface area contributed by atoms with Crippen LogP contribution in [0, 0.1) is 3.57 Å². The predicted octanol–water partition coefficient (Wildman–Crippen LogP) is 5.17. The smallest absolute Gasteiger partial charge is 0.303 e. The zero-order valence-electron chi connectivity index (χ0n) is 15.8. The van der Waals surface area contributed by atoms with Crippen molar-refractivity contribution in [3.63, 3.8) is 0 Å². The molecule has 4 rings (SSSR count). The molecule has 3 aromatic carbocycles. The molecule has 30 heavy (non-hydrogen) atoms. The first-order chi connectivity index (χ1) is 14.4. The third-order valence-electron chi connectivity index (χ3n) is 4.94. The second-order valence-corrected chi connectivity index (χ2v) is 9.82. The van der Waals surface area contributed by atoms with Gasteiger partial charge in [0.05, 0.1) is 5.52 Å². The van der Waals surface area contributed by atoms with E-state index in [1.165, 1.54) is 3.97 Å². The third kappa shape index (κ3) is 3.87. The molecule has 1 aromatic heterocycles. The van der Waals surface area contributed by atoms with Gasteiger partial charge in [-0.05, 0) is 70.0 Å². The van der Waals surface area contributed by atoms with Gasteiger partial charge in [-0.2, -0.15) is 0 Å². The summed E-state index contributed by atoms with van der Waals surface area (Å²) in [6.45, 7) is 0. The molecule has 1 N–H and O–H groups in total. The Morgan fingerprint density at radius 3 is 2.33 bits per heavy atom. The fraction of sp³-hybridized carbons (Fsp3) is 0.0870. The van der Waals surface area contributed by atoms with Gasteiger partial charge in [0.25, 0.3) is 10.0 Å². The Labute approximate surface area is 188 Å². The number of benzene rings is 3. The van der Waals surface area contributed by atoms with Crippen molar-refractivity contribution in [2.75, 3.05) is 0 Å². The molecule has 4 aromatic rings. The molecule has 0 bridgehead atoms. The highest BCUT2D eigenvalue weighted by molar-refractivity contribution is 14.1. The molecule has 0 saturated heterocycles. The number of aromatic nitrogens is 1. The minimum absolute atomic E-state index is 0.0718. The number of carboxylic acids is 1. The molecular weight excluding hydrogens is 513 g/mol. The lowest BCUT2D eigenvalue weighted by molar-refractivity contribution is -0.136. The maximum Gasteiger partial charge on any atom is 0.303 e. The summed E-state index contributed by atoms with van der Waals surface area (Å²) in [7, 11) is -3.83. The number of fused-ring (bicyclic) bond motifs is 1. The second kappa shape index (κ2) is 8.23. The number of hydrogen-bond donors (Lipinski definition) is 1. The van der Waals surface area contributed by atoms with Crippen LogP contribution >= 0.6 is 22.6 Å². The molecule has 0 aliphatic heterocycles. The first-order valence-electron chi connectivity index (χ1n) is 9.29. The Morgan fingerprint density at radius 2 is 1.63 bits per heavy atom. The van der Waals surface area contributed by atoms with Crippen LogP contribution in [0.2, 0.25) is 0 Å². The predicted molar refractivity (Wildman–Crippen MR) is 125 cm³/mol. The molecular formula is C23H18INO4S. The largest absolute Gasteiger partial charge is 0.481 e. The van der Waals surface area contributed by atoms with Gasteiger partial charge in [0.2, 0.25) is 0 Å². The number of carbonyl (C=O) groups is 1. The minimum atomic E-state index is -3.83. The molecule has 0 unspecified atom stereocenters. The normalized spacial score (nSPS) is 11.6. The van der Waals surface area contributed by atoms with Crippen LogP contribution in [0.3, 0.4) is 0 Å². The van der Waals surface area contributed by atoms with E-state index in [-0.39, 0.29) is 17.7 Å². The van der Waals surface area contributed by atoms with Crippen molar-refractivity contribution in [3.05, 3.63) is 88.1 Å². The lowest BCUT2D eigenvalue weighted by Crippen LogP contribution is -2.13. The van der Waals surface area contributed by atoms with Crippen LogP contribution in [-0.2, 0) is 21.2 Å². The fourth-order valence-electron chi connectivity index (χ4n) is 3.48. The van der Waals surface area contributed by atoms with Crippen LogP contribution in [0.5, 0.6) is 0 Å². The van der Waals surface area contributed by atoms with Crippen molar-refractivity contribution in [1.82, 2.24) is 3.97 Å². The molecule has 0 aliphatic carbocycles. The van der Waals surface area contributed by atoms with E-state index in [4.69, 9.17) is 5.11 Å². The lowest BCUT2D eigenvalue weighted by atomic mass is 10.0. The van der Waals surface area contributed by atoms with Gasteiger partial charge in [-0.15, -0.1) is 0 Å². The summed E-state index contributed by atoms with van der Waals surface area (Å²) in [6, 6.07) is 22.2. The van der Waals surface area contributed by atoms with E-state index in [0.717, 1.165) is 16.5 Å². The quantitative estimate of drug-likeness (QED) is 0.349. The minimum Gasteiger partial charge on any atom is -0.481 e. The molecule has 0 atom stereocenters. The zero-order chi connectivity index (χ0) is 21.3. The first-order valence-corrected chi connectivity index (χ1v) is 11.8. The molecule has 0 saturated carbocycles. The summed E-state index contributed by atoms with van der Waals surface area (Å²) in [6.07, 6.45) is 1.73. The molecule has 152 valence electrons. The van der Waals surface area contributed by atoms with Gasteiger partial charge < -0.3 is 5.11 Å². The Hall–Kier alpha value is -2.65. The van der Waals surface area contributed by atoms with Gasteiger partial charge in [-0.1, -0.05) is 48.5 Å². The van der Waals surface area contributed by atoms with Crippen molar-refractivity contribution in [3.8, 4) is 11.1 Å². The summed E-state index contributed by atoms with van der Waals surface area (Å²) in [5.41, 5.74) is 3.19. The average Bonchev–Trinajstić information content (AvgIpc) is 3.12. The highest BCUT2D eigenvalue weighted by atomic mass is 127. The summed E-state index contributed by atoms with van der Waals surface area (Å²) in [5, 5.41) is 9.88. The van der Waals surface area contributed by atoms with E-state index in [1.807, 2.05) is 65.1 Å². The van der Waals surface area contributed by atoms with E-state index in [1.54, 1.807) is 36.5 Å². The number of aliphatic carboxylic acids is 1. The highest BCUT2D eigenvalue weighted by Gasteiger charge is 2.23. The van der Waals surface area contributed by atoms with E-state index in [2.05, 4.69) is 0 Å². The van der Waals surface area contributed by atoms with E-state index in [9.17, 15) is 13.2 Å². The molecule has 0 fully saturated rings. The molecule has 0 amide bonds. The summed E-state index contributed by atoms with van der Waals surface area (Å²) in [4.78, 5) is 11.4. The molecule has 0 aliphatic rings. The van der Waals surface area contributed by atoms with Crippen LogP contribution in [-0.4, -0.2) is 23.5 Å². The summed E-state index contributed by atoms with van der Waals surface area (Å²) < 4.78 is 28.7. The van der Waals surface area contributed by atoms with E-state index < -0.39 is 16.0 Å². The van der Waals surface area contributed by atoms with E-state index in [0.29, 0.717) is 14.7 Å². The number of halogens is 1. The molecule has 0 spiro atoms. The fourth-order valence-corrected chi connectivity index (χ4v) is 6.16. The van der Waals surface area contributed by atoms with Crippen molar-refractivity contribution >= 4 is 49.5 Å². The zero-order valence-corrected chi connectivity index (χ0v) is 18.8. The van der Waals surface area contributed by atoms with Gasteiger partial charge in [-0.25, -0.2) is 12.4 Å². The topological polar surface area (TPSA) is 76.4 Å². The number of hydrogen-bond acceptors (Lipinski definition) is 3. The van der Waals surface area contributed by atoms with Crippen molar-refractivity contribution < 1.29 is 18.3 Å². The molecule has 5 nitrogen and oxygen atoms in total. The van der Waals surface area contributed by atoms with Crippen LogP contribution in [0.25, 0.3) is 22.0 Å². The maximum atomic E-state index is 13.4. The highest BCUT2D eigenvalue weighted by Crippen LogP contribution is 2.32. The second-order valence-electron chi connectivity index (χ2n) is 6.88. The number of rotatable bonds is 6. The summed E-state index contributed by atoms with van der Waals surface area (Å²) in [5.74, 6) is -0.921. The maximum absolute atomic E-state index is 13.4. The SMILES string of the molecule is O=C(O)CCc1cn(S(=O)(=O)c2ccccc2I)c2ccc(-c3ccccc3)cc12. The molecule has 7 heteroatoms. The average molecular weight is 531 g/mol. The Morgan fingerprint density at radius 1 is 0.933 bits per heavy atom. The molecule has 1 heterocycles. The standard InChI is InChI=1S/C23H18INO4S/c24-20-8-4-5-9-22(20)30(28,29)25-15-18(11-13-23(26)27)19-14-17(10-12-21(19)25)16-6-2-1-3-7-16/h1-10,12,14-15H,11,13H2,(H,26,27). The lowest BCUT2D eigenvalue weighted by Gasteiger charge is -2.10. The third-order valence-corrected chi connectivity index (χ3v) is 7.98. The van der Waals surface area contributed by atoms with Crippen LogP contribution in [0.15, 0.2) is 83.9 Å². The van der Waals surface area contributed by atoms with Gasteiger partial charge in [-0.3, -0.25) is 4.79 Å². The van der Waals surface area contributed by atoms with Crippen LogP contribution in [0.4, 0.5) is 0 Å². The van der Waals surface area contributed by atoms with Crippen LogP contribution in [0.1, 0.15) is 12.0 Å². The number of carboxylic acid groups (broad SMARTS) is 1. The van der Waals surface area contributed by atoms with E-state index >= 15 is 0 Å². The van der Waals surface area contributed by atoms with Gasteiger partial charge in [0.1, 0.15) is 4.90 Å². The first kappa shape index (κ1) is 20.6. The summed E-state index contributed by atoms with van der Waals surface area (Å²) >= 11 is 2.01. The monoisotopic (exact) mass is 531 g/mol. The van der Waals surface area contributed by atoms with Crippen molar-refractivity contribution in [2.45, 2.75) is 17.7 Å². The van der Waals surface area contributed by atoms with Crippen LogP contribution < -0.4 is 0 Å². The van der Waals surface area contributed by atoms with Crippen molar-refractivity contribution in [2.24, 2.45) is 0 Å². The Bertz CT molecular complexity index is 1340. The number of nitrogens with zero attached hydrogens (tertiary/aromatic N) is 1. The van der Waals surface area contributed by atoms with Gasteiger partial charge >= 0.3 is 5.97 Å². The number of aryl methyl sites for hydroxylation is 1. The Kier molecular flexibility index (Phi) is 5.66.